The van der Waals surface area contributed by atoms with E-state index in [-0.39, 0.29) is 5.78 Å². The van der Waals surface area contributed by atoms with Gasteiger partial charge in [-0.15, -0.1) is 0 Å². The monoisotopic (exact) mass is 380 g/mol. The first-order chi connectivity index (χ1) is 9.63. The Kier molecular flexibility index (Phi) is 5.17. The molecule has 2 aromatic carbocycles. The molecule has 0 radical (unpaired) electrons. The smallest absolute Gasteiger partial charge is 0.194 e. The standard InChI is InChI=1S/C17H17IO2/c1-3-11-20-14-9-7-13(8-10-14)17(19)15-6-4-5-12(2)16(15)18/h4-10H,3,11H2,1-2H3. The van der Waals surface area contributed by atoms with E-state index < -0.39 is 0 Å². The van der Waals surface area contributed by atoms with E-state index in [1.807, 2.05) is 49.4 Å². The number of ketones is 1. The molecule has 0 aliphatic carbocycles. The highest BCUT2D eigenvalue weighted by atomic mass is 127. The molecule has 3 heteroatoms. The molecule has 0 heterocycles. The number of hydrogen-bond acceptors (Lipinski definition) is 2. The van der Waals surface area contributed by atoms with E-state index >= 15 is 0 Å². The van der Waals surface area contributed by atoms with Crippen molar-refractivity contribution in [2.45, 2.75) is 20.3 Å². The van der Waals surface area contributed by atoms with Gasteiger partial charge in [-0.1, -0.05) is 19.1 Å². The lowest BCUT2D eigenvalue weighted by Gasteiger charge is -2.08. The lowest BCUT2D eigenvalue weighted by Crippen LogP contribution is -2.05. The largest absolute Gasteiger partial charge is 0.494 e. The molecule has 20 heavy (non-hydrogen) atoms. The summed E-state index contributed by atoms with van der Waals surface area (Å²) in [5.74, 6) is 0.863. The van der Waals surface area contributed by atoms with Gasteiger partial charge in [0.05, 0.1) is 6.61 Å². The molecule has 0 atom stereocenters. The molecular formula is C17H17IO2. The van der Waals surface area contributed by atoms with E-state index in [0.717, 1.165) is 26.9 Å². The topological polar surface area (TPSA) is 26.3 Å². The van der Waals surface area contributed by atoms with Crippen molar-refractivity contribution < 1.29 is 9.53 Å². The van der Waals surface area contributed by atoms with Crippen LogP contribution in [0.3, 0.4) is 0 Å². The lowest BCUT2D eigenvalue weighted by atomic mass is 10.0. The molecule has 0 spiro atoms. The molecule has 0 amide bonds. The molecule has 0 fully saturated rings. The van der Waals surface area contributed by atoms with Crippen molar-refractivity contribution in [1.29, 1.82) is 0 Å². The van der Waals surface area contributed by atoms with Gasteiger partial charge in [0, 0.05) is 14.7 Å². The molecule has 0 saturated heterocycles. The Balaban J connectivity index is 2.23. The molecule has 2 nitrogen and oxygen atoms in total. The van der Waals surface area contributed by atoms with E-state index in [9.17, 15) is 4.79 Å². The summed E-state index contributed by atoms with van der Waals surface area (Å²) in [6.07, 6.45) is 0.974. The van der Waals surface area contributed by atoms with Crippen LogP contribution in [0.2, 0.25) is 0 Å². The number of benzene rings is 2. The predicted octanol–water partition coefficient (Wildman–Crippen LogP) is 4.62. The summed E-state index contributed by atoms with van der Waals surface area (Å²) in [5.41, 5.74) is 2.57. The molecule has 0 bridgehead atoms. The average Bonchev–Trinajstić information content (AvgIpc) is 2.48. The first-order valence-corrected chi connectivity index (χ1v) is 7.74. The number of carbonyl (C=O) groups excluding carboxylic acids is 1. The highest BCUT2D eigenvalue weighted by molar-refractivity contribution is 14.1. The number of ether oxygens (including phenoxy) is 1. The van der Waals surface area contributed by atoms with Crippen molar-refractivity contribution in [3.63, 3.8) is 0 Å². The van der Waals surface area contributed by atoms with Crippen molar-refractivity contribution in [3.8, 4) is 5.75 Å². The third-order valence-electron chi connectivity index (χ3n) is 3.03. The van der Waals surface area contributed by atoms with Gasteiger partial charge in [-0.3, -0.25) is 4.79 Å². The van der Waals surface area contributed by atoms with Crippen molar-refractivity contribution in [3.05, 3.63) is 62.7 Å². The number of rotatable bonds is 5. The van der Waals surface area contributed by atoms with Crippen LogP contribution in [-0.4, -0.2) is 12.4 Å². The van der Waals surface area contributed by atoms with Gasteiger partial charge in [-0.05, 0) is 71.8 Å². The summed E-state index contributed by atoms with van der Waals surface area (Å²) < 4.78 is 6.54. The Morgan fingerprint density at radius 2 is 1.85 bits per heavy atom. The second-order valence-electron chi connectivity index (χ2n) is 4.64. The van der Waals surface area contributed by atoms with E-state index in [4.69, 9.17) is 4.74 Å². The van der Waals surface area contributed by atoms with Crippen LogP contribution < -0.4 is 4.74 Å². The van der Waals surface area contributed by atoms with Gasteiger partial charge in [-0.2, -0.15) is 0 Å². The molecule has 0 aromatic heterocycles. The normalized spacial score (nSPS) is 10.3. The first-order valence-electron chi connectivity index (χ1n) is 6.66. The summed E-state index contributed by atoms with van der Waals surface area (Å²) in [4.78, 5) is 12.5. The minimum absolute atomic E-state index is 0.0557. The highest BCUT2D eigenvalue weighted by Crippen LogP contribution is 2.21. The van der Waals surface area contributed by atoms with Gasteiger partial charge in [0.15, 0.2) is 5.78 Å². The van der Waals surface area contributed by atoms with Crippen molar-refractivity contribution in [2.24, 2.45) is 0 Å². The van der Waals surface area contributed by atoms with Crippen LogP contribution >= 0.6 is 22.6 Å². The number of hydrogen-bond donors (Lipinski definition) is 0. The van der Waals surface area contributed by atoms with E-state index in [1.165, 1.54) is 0 Å². The van der Waals surface area contributed by atoms with Gasteiger partial charge in [0.2, 0.25) is 0 Å². The van der Waals surface area contributed by atoms with Crippen molar-refractivity contribution in [1.82, 2.24) is 0 Å². The van der Waals surface area contributed by atoms with E-state index in [1.54, 1.807) is 0 Å². The van der Waals surface area contributed by atoms with E-state index in [2.05, 4.69) is 29.5 Å². The number of carbonyl (C=O) groups is 1. The van der Waals surface area contributed by atoms with Gasteiger partial charge in [0.1, 0.15) is 5.75 Å². The Labute approximate surface area is 133 Å². The molecule has 0 saturated carbocycles. The first kappa shape index (κ1) is 15.0. The average molecular weight is 380 g/mol. The molecule has 0 N–H and O–H groups in total. The van der Waals surface area contributed by atoms with Crippen LogP contribution in [0.4, 0.5) is 0 Å². The van der Waals surface area contributed by atoms with Crippen molar-refractivity contribution >= 4 is 28.4 Å². The van der Waals surface area contributed by atoms with Crippen molar-refractivity contribution in [2.75, 3.05) is 6.61 Å². The Hall–Kier alpha value is -1.36. The fourth-order valence-corrected chi connectivity index (χ4v) is 2.51. The van der Waals surface area contributed by atoms with Crippen LogP contribution in [0.15, 0.2) is 42.5 Å². The minimum Gasteiger partial charge on any atom is -0.494 e. The maximum absolute atomic E-state index is 12.5. The van der Waals surface area contributed by atoms with E-state index in [0.29, 0.717) is 12.2 Å². The molecule has 2 aromatic rings. The highest BCUT2D eigenvalue weighted by Gasteiger charge is 2.13. The maximum atomic E-state index is 12.5. The molecular weight excluding hydrogens is 363 g/mol. The molecule has 0 unspecified atom stereocenters. The lowest BCUT2D eigenvalue weighted by molar-refractivity contribution is 0.103. The van der Waals surface area contributed by atoms with Gasteiger partial charge in [-0.25, -0.2) is 0 Å². The second-order valence-corrected chi connectivity index (χ2v) is 5.72. The molecule has 104 valence electrons. The fourth-order valence-electron chi connectivity index (χ4n) is 1.90. The fraction of sp³-hybridized carbons (Fsp3) is 0.235. The van der Waals surface area contributed by atoms with Gasteiger partial charge < -0.3 is 4.74 Å². The third kappa shape index (κ3) is 3.39. The number of aryl methyl sites for hydroxylation is 1. The number of halogens is 1. The SMILES string of the molecule is CCCOc1ccc(C(=O)c2cccc(C)c2I)cc1. The zero-order chi connectivity index (χ0) is 14.5. The quantitative estimate of drug-likeness (QED) is 0.559. The van der Waals surface area contributed by atoms with Gasteiger partial charge in [0.25, 0.3) is 0 Å². The third-order valence-corrected chi connectivity index (χ3v) is 4.46. The van der Waals surface area contributed by atoms with Crippen LogP contribution in [0.5, 0.6) is 5.75 Å². The Morgan fingerprint density at radius 1 is 1.15 bits per heavy atom. The molecule has 0 aliphatic rings. The second kappa shape index (κ2) is 6.88. The molecule has 0 aliphatic heterocycles. The summed E-state index contributed by atoms with van der Waals surface area (Å²) in [6.45, 7) is 4.78. The minimum atomic E-state index is 0.0557. The van der Waals surface area contributed by atoms with Crippen LogP contribution in [0, 0.1) is 10.5 Å². The summed E-state index contributed by atoms with van der Waals surface area (Å²) in [5, 5.41) is 0. The predicted molar refractivity (Wildman–Crippen MR) is 89.6 cm³/mol. The zero-order valence-corrected chi connectivity index (χ0v) is 13.8. The van der Waals surface area contributed by atoms with Crippen LogP contribution in [0.1, 0.15) is 34.8 Å². The Morgan fingerprint density at radius 3 is 2.50 bits per heavy atom. The van der Waals surface area contributed by atoms with Crippen LogP contribution in [-0.2, 0) is 0 Å². The maximum Gasteiger partial charge on any atom is 0.194 e. The van der Waals surface area contributed by atoms with Crippen LogP contribution in [0.25, 0.3) is 0 Å². The Bertz CT molecular complexity index is 603. The molecule has 2 rings (SSSR count). The summed E-state index contributed by atoms with van der Waals surface area (Å²) >= 11 is 2.23. The zero-order valence-electron chi connectivity index (χ0n) is 11.7. The summed E-state index contributed by atoms with van der Waals surface area (Å²) in [7, 11) is 0. The summed E-state index contributed by atoms with van der Waals surface area (Å²) in [6, 6.07) is 13.2. The van der Waals surface area contributed by atoms with Gasteiger partial charge >= 0.3 is 0 Å².